The number of benzene rings is 1. The van der Waals surface area contributed by atoms with Gasteiger partial charge in [-0.3, -0.25) is 4.79 Å². The molecule has 3 nitrogen and oxygen atoms in total. The molecule has 92 valence electrons. The molecule has 1 aromatic carbocycles. The Morgan fingerprint density at radius 2 is 2.24 bits per heavy atom. The highest BCUT2D eigenvalue weighted by molar-refractivity contribution is 5.76. The molecule has 1 aromatic rings. The van der Waals surface area contributed by atoms with Crippen LogP contribution in [0.3, 0.4) is 0 Å². The highest BCUT2D eigenvalue weighted by Gasteiger charge is 2.29. The van der Waals surface area contributed by atoms with E-state index in [1.807, 2.05) is 13.8 Å². The minimum Gasteiger partial charge on any atom is -0.469 e. The number of hydrogen-bond acceptors (Lipinski definition) is 3. The van der Waals surface area contributed by atoms with Gasteiger partial charge in [0, 0.05) is 12.2 Å². The lowest BCUT2D eigenvalue weighted by atomic mass is 9.85. The number of anilines is 1. The molecular formula is C14H19NO2. The zero-order valence-electron chi connectivity index (χ0n) is 10.7. The number of carbonyl (C=O) groups excluding carboxylic acids is 1. The molecule has 0 radical (unpaired) electrons. The SMILES string of the molecule is COC(=O)C(C)(C)Cc1ccc2c(c1)CCN2. The lowest BCUT2D eigenvalue weighted by molar-refractivity contribution is -0.150. The summed E-state index contributed by atoms with van der Waals surface area (Å²) in [6.07, 6.45) is 1.79. The van der Waals surface area contributed by atoms with Gasteiger partial charge in [0.2, 0.25) is 0 Å². The molecular weight excluding hydrogens is 214 g/mol. The molecule has 0 saturated heterocycles. The van der Waals surface area contributed by atoms with Gasteiger partial charge in [-0.1, -0.05) is 12.1 Å². The Balaban J connectivity index is 2.16. The van der Waals surface area contributed by atoms with Gasteiger partial charge in [-0.2, -0.15) is 0 Å². The predicted octanol–water partition coefficient (Wildman–Crippen LogP) is 2.40. The molecule has 1 aliphatic heterocycles. The molecule has 0 spiro atoms. The van der Waals surface area contributed by atoms with Crippen LogP contribution in [0, 0.1) is 5.41 Å². The Hall–Kier alpha value is -1.51. The molecule has 0 amide bonds. The van der Waals surface area contributed by atoms with Gasteiger partial charge in [-0.05, 0) is 43.9 Å². The number of carbonyl (C=O) groups is 1. The summed E-state index contributed by atoms with van der Waals surface area (Å²) >= 11 is 0. The summed E-state index contributed by atoms with van der Waals surface area (Å²) in [5.74, 6) is -0.156. The van der Waals surface area contributed by atoms with Crippen molar-refractivity contribution in [1.82, 2.24) is 0 Å². The molecule has 0 fully saturated rings. The van der Waals surface area contributed by atoms with Crippen molar-refractivity contribution in [3.8, 4) is 0 Å². The summed E-state index contributed by atoms with van der Waals surface area (Å²) in [5, 5.41) is 3.33. The van der Waals surface area contributed by atoms with Crippen molar-refractivity contribution in [2.75, 3.05) is 19.0 Å². The van der Waals surface area contributed by atoms with Crippen LogP contribution in [0.2, 0.25) is 0 Å². The lowest BCUT2D eigenvalue weighted by Gasteiger charge is -2.21. The summed E-state index contributed by atoms with van der Waals surface area (Å²) < 4.78 is 4.83. The predicted molar refractivity (Wildman–Crippen MR) is 68.1 cm³/mol. The van der Waals surface area contributed by atoms with Crippen LogP contribution in [0.15, 0.2) is 18.2 Å². The van der Waals surface area contributed by atoms with Crippen molar-refractivity contribution < 1.29 is 9.53 Å². The summed E-state index contributed by atoms with van der Waals surface area (Å²) in [6.45, 7) is 4.85. The molecule has 0 bridgehead atoms. The minimum absolute atomic E-state index is 0.156. The average molecular weight is 233 g/mol. The Morgan fingerprint density at radius 3 is 2.94 bits per heavy atom. The van der Waals surface area contributed by atoms with Crippen LogP contribution in [0.25, 0.3) is 0 Å². The van der Waals surface area contributed by atoms with E-state index in [0.29, 0.717) is 6.42 Å². The monoisotopic (exact) mass is 233 g/mol. The maximum Gasteiger partial charge on any atom is 0.311 e. The largest absolute Gasteiger partial charge is 0.469 e. The van der Waals surface area contributed by atoms with E-state index in [0.717, 1.165) is 13.0 Å². The Morgan fingerprint density at radius 1 is 1.47 bits per heavy atom. The fourth-order valence-corrected chi connectivity index (χ4v) is 2.33. The maximum atomic E-state index is 11.6. The average Bonchev–Trinajstić information content (AvgIpc) is 2.74. The molecule has 0 aliphatic carbocycles. The lowest BCUT2D eigenvalue weighted by Crippen LogP contribution is -2.28. The first kappa shape index (κ1) is 12.0. The Bertz CT molecular complexity index is 438. The van der Waals surface area contributed by atoms with Crippen molar-refractivity contribution in [3.63, 3.8) is 0 Å². The molecule has 0 unspecified atom stereocenters. The van der Waals surface area contributed by atoms with E-state index >= 15 is 0 Å². The van der Waals surface area contributed by atoms with E-state index in [1.165, 1.54) is 23.9 Å². The molecule has 1 aliphatic rings. The van der Waals surface area contributed by atoms with E-state index in [1.54, 1.807) is 0 Å². The molecule has 1 N–H and O–H groups in total. The molecule has 3 heteroatoms. The first-order chi connectivity index (χ1) is 8.03. The molecule has 0 atom stereocenters. The standard InChI is InChI=1S/C14H19NO2/c1-14(2,13(16)17-3)9-10-4-5-12-11(8-10)6-7-15-12/h4-5,8,15H,6-7,9H2,1-3H3. The first-order valence-corrected chi connectivity index (χ1v) is 5.97. The summed E-state index contributed by atoms with van der Waals surface area (Å²) in [4.78, 5) is 11.6. The van der Waals surface area contributed by atoms with Gasteiger partial charge in [-0.25, -0.2) is 0 Å². The van der Waals surface area contributed by atoms with E-state index < -0.39 is 5.41 Å². The van der Waals surface area contributed by atoms with Gasteiger partial charge in [0.25, 0.3) is 0 Å². The Labute approximate surface area is 102 Å². The van der Waals surface area contributed by atoms with Gasteiger partial charge in [0.1, 0.15) is 0 Å². The number of methoxy groups -OCH3 is 1. The number of rotatable bonds is 3. The van der Waals surface area contributed by atoms with Gasteiger partial charge < -0.3 is 10.1 Å². The summed E-state index contributed by atoms with van der Waals surface area (Å²) in [6, 6.07) is 6.38. The van der Waals surface area contributed by atoms with E-state index in [9.17, 15) is 4.79 Å². The third-order valence-electron chi connectivity index (χ3n) is 3.26. The summed E-state index contributed by atoms with van der Waals surface area (Å²) in [7, 11) is 1.44. The van der Waals surface area contributed by atoms with Crippen LogP contribution in [0.5, 0.6) is 0 Å². The molecule has 0 aromatic heterocycles. The number of ether oxygens (including phenoxy) is 1. The van der Waals surface area contributed by atoms with Crippen LogP contribution < -0.4 is 5.32 Å². The first-order valence-electron chi connectivity index (χ1n) is 5.97. The third kappa shape index (κ3) is 2.43. The second-order valence-electron chi connectivity index (χ2n) is 5.22. The minimum atomic E-state index is -0.463. The van der Waals surface area contributed by atoms with Crippen LogP contribution >= 0.6 is 0 Å². The molecule has 0 saturated carbocycles. The van der Waals surface area contributed by atoms with Crippen LogP contribution in [-0.4, -0.2) is 19.6 Å². The highest BCUT2D eigenvalue weighted by atomic mass is 16.5. The maximum absolute atomic E-state index is 11.6. The van der Waals surface area contributed by atoms with E-state index in [-0.39, 0.29) is 5.97 Å². The zero-order valence-corrected chi connectivity index (χ0v) is 10.7. The quantitative estimate of drug-likeness (QED) is 0.815. The molecule has 17 heavy (non-hydrogen) atoms. The molecule has 2 rings (SSSR count). The number of fused-ring (bicyclic) bond motifs is 1. The zero-order chi connectivity index (χ0) is 12.5. The molecule has 1 heterocycles. The van der Waals surface area contributed by atoms with Gasteiger partial charge >= 0.3 is 5.97 Å². The van der Waals surface area contributed by atoms with Gasteiger partial charge in [-0.15, -0.1) is 0 Å². The highest BCUT2D eigenvalue weighted by Crippen LogP contribution is 2.28. The van der Waals surface area contributed by atoms with Gasteiger partial charge in [0.05, 0.1) is 12.5 Å². The normalized spacial score (nSPS) is 14.1. The van der Waals surface area contributed by atoms with E-state index in [4.69, 9.17) is 4.74 Å². The number of hydrogen-bond donors (Lipinski definition) is 1. The van der Waals surface area contributed by atoms with Gasteiger partial charge in [0.15, 0.2) is 0 Å². The fraction of sp³-hybridized carbons (Fsp3) is 0.500. The van der Waals surface area contributed by atoms with Crippen molar-refractivity contribution in [2.24, 2.45) is 5.41 Å². The topological polar surface area (TPSA) is 38.3 Å². The van der Waals surface area contributed by atoms with E-state index in [2.05, 4.69) is 23.5 Å². The third-order valence-corrected chi connectivity index (χ3v) is 3.26. The van der Waals surface area contributed by atoms with Crippen LogP contribution in [0.1, 0.15) is 25.0 Å². The van der Waals surface area contributed by atoms with Crippen LogP contribution in [-0.2, 0) is 22.4 Å². The fourth-order valence-electron chi connectivity index (χ4n) is 2.33. The van der Waals surface area contributed by atoms with Crippen LogP contribution in [0.4, 0.5) is 5.69 Å². The summed E-state index contributed by atoms with van der Waals surface area (Å²) in [5.41, 5.74) is 3.31. The van der Waals surface area contributed by atoms with Crippen molar-refractivity contribution in [1.29, 1.82) is 0 Å². The van der Waals surface area contributed by atoms with Crippen molar-refractivity contribution >= 4 is 11.7 Å². The van der Waals surface area contributed by atoms with Crippen molar-refractivity contribution in [3.05, 3.63) is 29.3 Å². The number of esters is 1. The smallest absolute Gasteiger partial charge is 0.311 e. The second-order valence-corrected chi connectivity index (χ2v) is 5.22. The second kappa shape index (κ2) is 4.40. The number of nitrogens with one attached hydrogen (secondary N) is 1. The van der Waals surface area contributed by atoms with Crippen molar-refractivity contribution in [2.45, 2.75) is 26.7 Å². The Kier molecular flexibility index (Phi) is 3.09.